The zero-order chi connectivity index (χ0) is 21.3. The summed E-state index contributed by atoms with van der Waals surface area (Å²) in [7, 11) is 0. The maximum absolute atomic E-state index is 12.7. The molecule has 150 valence electrons. The Labute approximate surface area is 179 Å². The van der Waals surface area contributed by atoms with E-state index in [0.29, 0.717) is 34.5 Å². The van der Waals surface area contributed by atoms with Crippen molar-refractivity contribution in [3.63, 3.8) is 0 Å². The van der Waals surface area contributed by atoms with E-state index in [0.717, 1.165) is 17.5 Å². The van der Waals surface area contributed by atoms with Crippen LogP contribution in [0.2, 0.25) is 5.02 Å². The number of hydrogen-bond acceptors (Lipinski definition) is 3. The van der Waals surface area contributed by atoms with Crippen LogP contribution in [-0.2, 0) is 0 Å². The van der Waals surface area contributed by atoms with E-state index < -0.39 is 0 Å². The molecule has 1 aliphatic carbocycles. The maximum Gasteiger partial charge on any atom is 0.255 e. The van der Waals surface area contributed by atoms with Crippen LogP contribution >= 0.6 is 11.6 Å². The van der Waals surface area contributed by atoms with E-state index in [1.54, 1.807) is 36.4 Å². The third kappa shape index (κ3) is 3.60. The summed E-state index contributed by atoms with van der Waals surface area (Å²) in [5.41, 5.74) is 4.07. The van der Waals surface area contributed by atoms with E-state index in [2.05, 4.69) is 10.6 Å². The minimum atomic E-state index is -0.360. The van der Waals surface area contributed by atoms with Crippen LogP contribution in [0.1, 0.15) is 50.0 Å². The molecule has 3 aromatic rings. The molecular weight excluding hydrogens is 400 g/mol. The van der Waals surface area contributed by atoms with Gasteiger partial charge in [0.05, 0.1) is 10.6 Å². The van der Waals surface area contributed by atoms with Crippen molar-refractivity contribution in [2.24, 2.45) is 0 Å². The van der Waals surface area contributed by atoms with E-state index in [-0.39, 0.29) is 22.6 Å². The van der Waals surface area contributed by atoms with Crippen molar-refractivity contribution in [2.45, 2.75) is 13.3 Å². The Morgan fingerprint density at radius 1 is 0.867 bits per heavy atom. The first-order valence-corrected chi connectivity index (χ1v) is 10.0. The van der Waals surface area contributed by atoms with Crippen LogP contribution in [0.3, 0.4) is 0 Å². The van der Waals surface area contributed by atoms with E-state index >= 15 is 0 Å². The molecule has 0 aromatic heterocycles. The number of rotatable bonds is 5. The van der Waals surface area contributed by atoms with Crippen LogP contribution in [0.4, 0.5) is 5.69 Å². The number of fused-ring (bicyclic) bond motifs is 3. The lowest BCUT2D eigenvalue weighted by atomic mass is 10.0. The standard InChI is InChI=1S/C24H19ClN2O3/c1-2-11-26-24(30)19-10-8-15(13-21(19)25)27-23(29)14-7-9-17-16-5-3-4-6-18(16)22(28)20(17)12-14/h3-10,12-13H,2,11H2,1H3,(H,26,30)(H,27,29). The normalized spacial score (nSPS) is 11.6. The summed E-state index contributed by atoms with van der Waals surface area (Å²) in [6.45, 7) is 2.53. The molecule has 0 saturated heterocycles. The summed E-state index contributed by atoms with van der Waals surface area (Å²) in [5.74, 6) is -0.696. The number of nitrogens with one attached hydrogen (secondary N) is 2. The van der Waals surface area contributed by atoms with Crippen molar-refractivity contribution in [1.29, 1.82) is 0 Å². The molecule has 0 bridgehead atoms. The zero-order valence-electron chi connectivity index (χ0n) is 16.3. The predicted octanol–water partition coefficient (Wildman–Crippen LogP) is 4.94. The third-order valence-corrected chi connectivity index (χ3v) is 5.31. The van der Waals surface area contributed by atoms with E-state index in [1.807, 2.05) is 25.1 Å². The van der Waals surface area contributed by atoms with Crippen LogP contribution in [0, 0.1) is 0 Å². The molecule has 4 rings (SSSR count). The van der Waals surface area contributed by atoms with Gasteiger partial charge in [-0.25, -0.2) is 0 Å². The van der Waals surface area contributed by atoms with Gasteiger partial charge in [0.2, 0.25) is 0 Å². The highest BCUT2D eigenvalue weighted by Gasteiger charge is 2.27. The number of ketones is 1. The highest BCUT2D eigenvalue weighted by atomic mass is 35.5. The topological polar surface area (TPSA) is 75.3 Å². The zero-order valence-corrected chi connectivity index (χ0v) is 17.0. The minimum Gasteiger partial charge on any atom is -0.352 e. The fourth-order valence-corrected chi connectivity index (χ4v) is 3.75. The van der Waals surface area contributed by atoms with Gasteiger partial charge in [0, 0.05) is 28.9 Å². The van der Waals surface area contributed by atoms with Crippen molar-refractivity contribution in [2.75, 3.05) is 11.9 Å². The van der Waals surface area contributed by atoms with Gasteiger partial charge in [-0.05, 0) is 47.9 Å². The minimum absolute atomic E-state index is 0.0826. The second-order valence-electron chi connectivity index (χ2n) is 7.04. The lowest BCUT2D eigenvalue weighted by Crippen LogP contribution is -2.24. The predicted molar refractivity (Wildman–Crippen MR) is 117 cm³/mol. The summed E-state index contributed by atoms with van der Waals surface area (Å²) < 4.78 is 0. The van der Waals surface area contributed by atoms with Crippen LogP contribution < -0.4 is 10.6 Å². The largest absolute Gasteiger partial charge is 0.352 e. The molecule has 0 unspecified atom stereocenters. The molecule has 0 aliphatic heterocycles. The third-order valence-electron chi connectivity index (χ3n) is 5.00. The van der Waals surface area contributed by atoms with Gasteiger partial charge in [-0.3, -0.25) is 14.4 Å². The fourth-order valence-electron chi connectivity index (χ4n) is 3.48. The molecule has 0 spiro atoms. The first-order chi connectivity index (χ1) is 14.5. The van der Waals surface area contributed by atoms with Crippen LogP contribution in [-0.4, -0.2) is 24.1 Å². The molecule has 2 amide bonds. The monoisotopic (exact) mass is 418 g/mol. The number of anilines is 1. The lowest BCUT2D eigenvalue weighted by molar-refractivity contribution is 0.0952. The number of hydrogen-bond donors (Lipinski definition) is 2. The van der Waals surface area contributed by atoms with Crippen molar-refractivity contribution < 1.29 is 14.4 Å². The summed E-state index contributed by atoms with van der Waals surface area (Å²) >= 11 is 6.22. The van der Waals surface area contributed by atoms with Gasteiger partial charge in [0.15, 0.2) is 5.78 Å². The molecule has 2 N–H and O–H groups in total. The van der Waals surface area contributed by atoms with Crippen molar-refractivity contribution in [1.82, 2.24) is 5.32 Å². The number of carbonyl (C=O) groups is 3. The van der Waals surface area contributed by atoms with E-state index in [1.165, 1.54) is 6.07 Å². The maximum atomic E-state index is 12.7. The Morgan fingerprint density at radius 3 is 2.33 bits per heavy atom. The summed E-state index contributed by atoms with van der Waals surface area (Å²) in [6.07, 6.45) is 0.825. The van der Waals surface area contributed by atoms with Crippen LogP contribution in [0.5, 0.6) is 0 Å². The van der Waals surface area contributed by atoms with Crippen molar-refractivity contribution >= 4 is 34.9 Å². The van der Waals surface area contributed by atoms with E-state index in [4.69, 9.17) is 11.6 Å². The van der Waals surface area contributed by atoms with Gasteiger partial charge in [-0.15, -0.1) is 0 Å². The van der Waals surface area contributed by atoms with E-state index in [9.17, 15) is 14.4 Å². The second-order valence-corrected chi connectivity index (χ2v) is 7.45. The summed E-state index contributed by atoms with van der Waals surface area (Å²) in [6, 6.07) is 17.2. The fraction of sp³-hybridized carbons (Fsp3) is 0.125. The summed E-state index contributed by atoms with van der Waals surface area (Å²) in [5, 5.41) is 5.79. The Balaban J connectivity index is 1.54. The van der Waals surface area contributed by atoms with Crippen molar-refractivity contribution in [3.8, 4) is 11.1 Å². The number of carbonyl (C=O) groups excluding carboxylic acids is 3. The van der Waals surface area contributed by atoms with Crippen LogP contribution in [0.15, 0.2) is 60.7 Å². The van der Waals surface area contributed by atoms with Gasteiger partial charge in [-0.1, -0.05) is 48.9 Å². The average Bonchev–Trinajstić information content (AvgIpc) is 3.04. The number of halogens is 1. The smallest absolute Gasteiger partial charge is 0.255 e. The van der Waals surface area contributed by atoms with Gasteiger partial charge in [0.1, 0.15) is 0 Å². The molecule has 0 saturated carbocycles. The Hall–Kier alpha value is -3.44. The lowest BCUT2D eigenvalue weighted by Gasteiger charge is -2.10. The molecule has 0 atom stereocenters. The second kappa shape index (κ2) is 8.13. The Bertz CT molecular complexity index is 1190. The molecule has 6 heteroatoms. The molecule has 0 radical (unpaired) electrons. The Morgan fingerprint density at radius 2 is 1.60 bits per heavy atom. The molecule has 30 heavy (non-hydrogen) atoms. The molecule has 3 aromatic carbocycles. The molecule has 1 aliphatic rings. The first kappa shape index (κ1) is 19.9. The van der Waals surface area contributed by atoms with Gasteiger partial charge in [0.25, 0.3) is 11.8 Å². The molecule has 5 nitrogen and oxygen atoms in total. The molecule has 0 fully saturated rings. The highest BCUT2D eigenvalue weighted by Crippen LogP contribution is 2.36. The van der Waals surface area contributed by atoms with Crippen molar-refractivity contribution in [3.05, 3.63) is 87.9 Å². The van der Waals surface area contributed by atoms with Gasteiger partial charge < -0.3 is 10.6 Å². The van der Waals surface area contributed by atoms with Crippen LogP contribution in [0.25, 0.3) is 11.1 Å². The number of benzene rings is 3. The highest BCUT2D eigenvalue weighted by molar-refractivity contribution is 6.34. The molecular formula is C24H19ClN2O3. The average molecular weight is 419 g/mol. The van der Waals surface area contributed by atoms with Gasteiger partial charge in [-0.2, -0.15) is 0 Å². The Kier molecular flexibility index (Phi) is 5.38. The quantitative estimate of drug-likeness (QED) is 0.481. The summed E-state index contributed by atoms with van der Waals surface area (Å²) in [4.78, 5) is 37.5. The van der Waals surface area contributed by atoms with Gasteiger partial charge >= 0.3 is 0 Å². The number of amides is 2. The first-order valence-electron chi connectivity index (χ1n) is 9.67. The SMILES string of the molecule is CCCNC(=O)c1ccc(NC(=O)c2ccc3c(c2)C(=O)c2ccccc2-3)cc1Cl. The molecule has 0 heterocycles.